The fourth-order valence-corrected chi connectivity index (χ4v) is 3.48. The molecule has 25 heavy (non-hydrogen) atoms. The lowest BCUT2D eigenvalue weighted by Gasteiger charge is -2.04. The summed E-state index contributed by atoms with van der Waals surface area (Å²) in [6.45, 7) is -0.0330. The van der Waals surface area contributed by atoms with Crippen LogP contribution >= 0.6 is 0 Å². The van der Waals surface area contributed by atoms with Crippen molar-refractivity contribution < 1.29 is 26.7 Å². The fraction of sp³-hybridized carbons (Fsp3) is 0.125. The maximum absolute atomic E-state index is 13.0. The molecule has 130 valence electrons. The van der Waals surface area contributed by atoms with Crippen molar-refractivity contribution in [1.82, 2.24) is 4.72 Å². The molecule has 2 aromatic carbocycles. The van der Waals surface area contributed by atoms with Crippen molar-refractivity contribution in [2.45, 2.75) is 11.3 Å². The number of carbonyl (C=O) groups excluding carboxylic acids is 1. The number of nitrogens with one attached hydrogen (secondary N) is 1. The molecule has 0 spiro atoms. The third-order valence-corrected chi connectivity index (χ3v) is 4.77. The monoisotopic (exact) mass is 366 g/mol. The minimum absolute atomic E-state index is 0.0330. The van der Waals surface area contributed by atoms with Crippen molar-refractivity contribution in [3.63, 3.8) is 0 Å². The fourth-order valence-electron chi connectivity index (χ4n) is 2.23. The smallest absolute Gasteiger partial charge is 0.313 e. The highest BCUT2D eigenvalue weighted by Gasteiger charge is 2.29. The summed E-state index contributed by atoms with van der Waals surface area (Å²) < 4.78 is 56.9. The van der Waals surface area contributed by atoms with Crippen molar-refractivity contribution in [1.29, 1.82) is 0 Å². The second-order valence-electron chi connectivity index (χ2n) is 5.13. The molecule has 6 nitrogen and oxygen atoms in total. The molecule has 2 aromatic rings. The van der Waals surface area contributed by atoms with Gasteiger partial charge in [-0.2, -0.15) is 0 Å². The van der Waals surface area contributed by atoms with E-state index in [2.05, 4.69) is 9.71 Å². The van der Waals surface area contributed by atoms with Crippen LogP contribution in [0.25, 0.3) is 0 Å². The number of carbonyl (C=O) groups is 1. The van der Waals surface area contributed by atoms with Crippen molar-refractivity contribution in [3.05, 3.63) is 59.7 Å². The lowest BCUT2D eigenvalue weighted by Crippen LogP contribution is -2.22. The zero-order valence-electron chi connectivity index (χ0n) is 12.7. The number of amidine groups is 1. The van der Waals surface area contributed by atoms with E-state index in [1.165, 1.54) is 6.07 Å². The molecule has 1 aliphatic rings. The number of sulfonamides is 1. The van der Waals surface area contributed by atoms with E-state index in [9.17, 15) is 22.0 Å². The molecule has 0 aliphatic carbocycles. The Balaban J connectivity index is 1.64. The maximum atomic E-state index is 13.0. The standard InChI is InChI=1S/C16H12F2N2O4S/c17-12-6-5-10(9-13(12)18)24-15(21)7-8-19-16-11-3-1-2-4-14(11)25(22,23)20-16/h1-6,9H,7-8H2,(H,19,20). The van der Waals surface area contributed by atoms with E-state index in [0.717, 1.165) is 18.2 Å². The number of fused-ring (bicyclic) bond motifs is 1. The van der Waals surface area contributed by atoms with Gasteiger partial charge in [0.1, 0.15) is 11.6 Å². The predicted molar refractivity (Wildman–Crippen MR) is 84.8 cm³/mol. The number of hydrogen-bond donors (Lipinski definition) is 1. The maximum Gasteiger partial charge on any atom is 0.313 e. The summed E-state index contributed by atoms with van der Waals surface area (Å²) in [5.41, 5.74) is 0.427. The molecular weight excluding hydrogens is 354 g/mol. The summed E-state index contributed by atoms with van der Waals surface area (Å²) in [7, 11) is -3.64. The Morgan fingerprint density at radius 1 is 1.12 bits per heavy atom. The minimum Gasteiger partial charge on any atom is -0.426 e. The van der Waals surface area contributed by atoms with Crippen molar-refractivity contribution >= 4 is 21.8 Å². The SMILES string of the molecule is O=C(CCN=C1NS(=O)(=O)c2ccccc21)Oc1ccc(F)c(F)c1. The average Bonchev–Trinajstić information content (AvgIpc) is 2.82. The van der Waals surface area contributed by atoms with Crippen LogP contribution in [0.1, 0.15) is 12.0 Å². The Morgan fingerprint density at radius 3 is 2.64 bits per heavy atom. The van der Waals surface area contributed by atoms with Crippen molar-refractivity contribution in [2.24, 2.45) is 4.99 Å². The van der Waals surface area contributed by atoms with E-state index < -0.39 is 27.6 Å². The minimum atomic E-state index is -3.64. The lowest BCUT2D eigenvalue weighted by molar-refractivity contribution is -0.134. The third-order valence-electron chi connectivity index (χ3n) is 3.37. The number of nitrogens with zero attached hydrogens (tertiary/aromatic N) is 1. The molecule has 0 fully saturated rings. The van der Waals surface area contributed by atoms with Gasteiger partial charge in [0.2, 0.25) is 0 Å². The number of aliphatic imine (C=N–C) groups is 1. The summed E-state index contributed by atoms with van der Waals surface area (Å²) in [5.74, 6) is -2.84. The van der Waals surface area contributed by atoms with Crippen molar-refractivity contribution in [2.75, 3.05) is 6.54 Å². The van der Waals surface area contributed by atoms with E-state index in [1.807, 2.05) is 0 Å². The molecule has 0 bridgehead atoms. The van der Waals surface area contributed by atoms with Gasteiger partial charge in [-0.1, -0.05) is 12.1 Å². The van der Waals surface area contributed by atoms with Crippen LogP contribution in [0.4, 0.5) is 8.78 Å². The van der Waals surface area contributed by atoms with E-state index >= 15 is 0 Å². The van der Waals surface area contributed by atoms with Gasteiger partial charge in [-0.05, 0) is 24.3 Å². The molecule has 0 amide bonds. The molecule has 0 saturated heterocycles. The predicted octanol–water partition coefficient (Wildman–Crippen LogP) is 2.00. The highest BCUT2D eigenvalue weighted by Crippen LogP contribution is 2.22. The zero-order valence-corrected chi connectivity index (χ0v) is 13.5. The Kier molecular flexibility index (Phi) is 4.49. The Bertz CT molecular complexity index is 974. The van der Waals surface area contributed by atoms with E-state index in [-0.39, 0.29) is 29.4 Å². The Labute approximate surface area is 142 Å². The third kappa shape index (κ3) is 3.66. The molecule has 1 N–H and O–H groups in total. The van der Waals surface area contributed by atoms with Crippen molar-refractivity contribution in [3.8, 4) is 5.75 Å². The molecule has 0 atom stereocenters. The lowest BCUT2D eigenvalue weighted by atomic mass is 10.2. The molecule has 0 radical (unpaired) electrons. The van der Waals surface area contributed by atoms with Crippen LogP contribution in [-0.4, -0.2) is 26.8 Å². The molecule has 0 aromatic heterocycles. The first-order valence-electron chi connectivity index (χ1n) is 7.19. The second-order valence-corrected chi connectivity index (χ2v) is 6.78. The van der Waals surface area contributed by atoms with Crippen LogP contribution in [0.15, 0.2) is 52.4 Å². The van der Waals surface area contributed by atoms with Crippen LogP contribution in [0.2, 0.25) is 0 Å². The quantitative estimate of drug-likeness (QED) is 0.663. The van der Waals surface area contributed by atoms with Crippen LogP contribution in [0, 0.1) is 11.6 Å². The van der Waals surface area contributed by atoms with E-state index in [1.54, 1.807) is 18.2 Å². The first-order chi connectivity index (χ1) is 11.9. The number of esters is 1. The highest BCUT2D eigenvalue weighted by atomic mass is 32.2. The summed E-state index contributed by atoms with van der Waals surface area (Å²) in [5, 5.41) is 0. The highest BCUT2D eigenvalue weighted by molar-refractivity contribution is 7.90. The van der Waals surface area contributed by atoms with Gasteiger partial charge >= 0.3 is 5.97 Å². The van der Waals surface area contributed by atoms with E-state index in [4.69, 9.17) is 4.74 Å². The molecule has 1 aliphatic heterocycles. The largest absolute Gasteiger partial charge is 0.426 e. The molecule has 1 heterocycles. The topological polar surface area (TPSA) is 84.8 Å². The Hall–Kier alpha value is -2.81. The van der Waals surface area contributed by atoms with Crippen LogP contribution < -0.4 is 9.46 Å². The van der Waals surface area contributed by atoms with Gasteiger partial charge in [0.05, 0.1) is 17.9 Å². The number of hydrogen-bond acceptors (Lipinski definition) is 5. The summed E-state index contributed by atoms with van der Waals surface area (Å²) in [6, 6.07) is 9.07. The molecule has 0 unspecified atom stereocenters. The van der Waals surface area contributed by atoms with Gasteiger partial charge < -0.3 is 4.74 Å². The van der Waals surface area contributed by atoms with Gasteiger partial charge in [-0.15, -0.1) is 0 Å². The number of ether oxygens (including phenoxy) is 1. The first-order valence-corrected chi connectivity index (χ1v) is 8.67. The molecule has 3 rings (SSSR count). The van der Waals surface area contributed by atoms with Crippen LogP contribution in [-0.2, 0) is 14.8 Å². The van der Waals surface area contributed by atoms with Gasteiger partial charge in [0.25, 0.3) is 10.0 Å². The van der Waals surface area contributed by atoms with Crippen LogP contribution in [0.5, 0.6) is 5.75 Å². The normalized spacial score (nSPS) is 16.3. The molecular formula is C16H12F2N2O4S. The van der Waals surface area contributed by atoms with E-state index in [0.29, 0.717) is 5.56 Å². The number of halogens is 2. The molecule has 9 heteroatoms. The van der Waals surface area contributed by atoms with Crippen LogP contribution in [0.3, 0.4) is 0 Å². The number of benzene rings is 2. The first kappa shape index (κ1) is 17.0. The van der Waals surface area contributed by atoms with Gasteiger partial charge in [-0.25, -0.2) is 17.2 Å². The summed E-state index contributed by atoms with van der Waals surface area (Å²) >= 11 is 0. The summed E-state index contributed by atoms with van der Waals surface area (Å²) in [6.07, 6.45) is -0.160. The summed E-state index contributed by atoms with van der Waals surface area (Å²) in [4.78, 5) is 15.9. The zero-order chi connectivity index (χ0) is 18.0. The Morgan fingerprint density at radius 2 is 1.88 bits per heavy atom. The number of rotatable bonds is 4. The van der Waals surface area contributed by atoms with Gasteiger partial charge in [0, 0.05) is 11.6 Å². The van der Waals surface area contributed by atoms with Gasteiger partial charge in [0.15, 0.2) is 11.6 Å². The molecule has 0 saturated carbocycles. The van der Waals surface area contributed by atoms with Gasteiger partial charge in [-0.3, -0.25) is 14.5 Å². The second kappa shape index (κ2) is 6.60. The average molecular weight is 366 g/mol.